The zero-order chi connectivity index (χ0) is 18.0. The van der Waals surface area contributed by atoms with Gasteiger partial charge >= 0.3 is 12.3 Å². The van der Waals surface area contributed by atoms with Crippen molar-refractivity contribution in [2.24, 2.45) is 0 Å². The summed E-state index contributed by atoms with van der Waals surface area (Å²) in [5.74, 6) is 1.12. The number of ether oxygens (including phenoxy) is 2. The summed E-state index contributed by atoms with van der Waals surface area (Å²) < 4.78 is 47.3. The first-order valence-electron chi connectivity index (χ1n) is 8.29. The van der Waals surface area contributed by atoms with Gasteiger partial charge in [-0.1, -0.05) is 0 Å². The number of methoxy groups -OCH3 is 1. The van der Waals surface area contributed by atoms with E-state index in [1.54, 1.807) is 4.90 Å². The normalized spacial score (nSPS) is 17.7. The molecule has 6 nitrogen and oxygen atoms in total. The second kappa shape index (κ2) is 7.05. The number of fused-ring (bicyclic) bond motifs is 1. The summed E-state index contributed by atoms with van der Waals surface area (Å²) in [6, 6.07) is 0. The van der Waals surface area contributed by atoms with Crippen molar-refractivity contribution in [3.05, 3.63) is 17.1 Å². The summed E-state index contributed by atoms with van der Waals surface area (Å²) in [5.41, 5.74) is 1.45. The molecule has 1 aromatic heterocycles. The van der Waals surface area contributed by atoms with E-state index in [0.717, 1.165) is 18.5 Å². The van der Waals surface area contributed by atoms with Gasteiger partial charge in [0.2, 0.25) is 5.88 Å². The first-order chi connectivity index (χ1) is 11.9. The number of carbonyl (C=O) groups is 1. The van der Waals surface area contributed by atoms with Crippen LogP contribution in [-0.2, 0) is 17.6 Å². The Morgan fingerprint density at radius 1 is 1.24 bits per heavy atom. The Hall–Kier alpha value is -2.06. The molecule has 2 aliphatic rings. The minimum atomic E-state index is -4.27. The highest BCUT2D eigenvalue weighted by Crippen LogP contribution is 2.39. The molecular weight excluding hydrogens is 339 g/mol. The lowest BCUT2D eigenvalue weighted by Crippen LogP contribution is -2.33. The van der Waals surface area contributed by atoms with Crippen LogP contribution in [-0.4, -0.2) is 53.9 Å². The van der Waals surface area contributed by atoms with Crippen LogP contribution in [0.4, 0.5) is 18.0 Å². The fourth-order valence-corrected chi connectivity index (χ4v) is 2.80. The Kier molecular flexibility index (Phi) is 5.01. The average molecular weight is 359 g/mol. The maximum atomic E-state index is 12.4. The van der Waals surface area contributed by atoms with E-state index in [-0.39, 0.29) is 11.8 Å². The Bertz CT molecular complexity index is 647. The highest BCUT2D eigenvalue weighted by atomic mass is 19.4. The summed E-state index contributed by atoms with van der Waals surface area (Å²) in [6.07, 6.45) is -2.84. The minimum absolute atomic E-state index is 0.225. The third kappa shape index (κ3) is 4.52. The van der Waals surface area contributed by atoms with Gasteiger partial charge in [0.15, 0.2) is 0 Å². The monoisotopic (exact) mass is 359 g/mol. The molecule has 0 bridgehead atoms. The van der Waals surface area contributed by atoms with Gasteiger partial charge in [0, 0.05) is 31.0 Å². The Balaban J connectivity index is 1.80. The zero-order valence-corrected chi connectivity index (χ0v) is 13.9. The number of amides is 1. The quantitative estimate of drug-likeness (QED) is 0.827. The molecule has 138 valence electrons. The van der Waals surface area contributed by atoms with E-state index in [1.807, 2.05) is 0 Å². The average Bonchev–Trinajstić information content (AvgIpc) is 3.39. The number of hydrogen-bond acceptors (Lipinski definition) is 5. The first-order valence-corrected chi connectivity index (χ1v) is 8.29. The van der Waals surface area contributed by atoms with E-state index in [4.69, 9.17) is 9.47 Å². The van der Waals surface area contributed by atoms with Crippen LogP contribution in [0.5, 0.6) is 5.88 Å². The number of aromatic nitrogens is 2. The lowest BCUT2D eigenvalue weighted by molar-refractivity contribution is -0.139. The Morgan fingerprint density at radius 3 is 2.60 bits per heavy atom. The third-order valence-electron chi connectivity index (χ3n) is 4.32. The lowest BCUT2D eigenvalue weighted by atomic mass is 10.1. The topological polar surface area (TPSA) is 64.5 Å². The van der Waals surface area contributed by atoms with Gasteiger partial charge in [0.05, 0.1) is 25.8 Å². The molecule has 1 saturated carbocycles. The molecule has 9 heteroatoms. The summed E-state index contributed by atoms with van der Waals surface area (Å²) in [7, 11) is 1.32. The van der Waals surface area contributed by atoms with Gasteiger partial charge in [0.1, 0.15) is 5.82 Å². The van der Waals surface area contributed by atoms with Crippen molar-refractivity contribution in [2.75, 3.05) is 26.8 Å². The number of alkyl halides is 3. The fourth-order valence-electron chi connectivity index (χ4n) is 2.80. The number of carbonyl (C=O) groups excluding carboxylic acids is 1. The van der Waals surface area contributed by atoms with Gasteiger partial charge in [-0.15, -0.1) is 0 Å². The molecule has 0 atom stereocenters. The van der Waals surface area contributed by atoms with E-state index in [0.29, 0.717) is 37.3 Å². The number of nitrogens with zero attached hydrogens (tertiary/aromatic N) is 3. The smallest absolute Gasteiger partial charge is 0.409 e. The number of hydrogen-bond donors (Lipinski definition) is 0. The highest BCUT2D eigenvalue weighted by Gasteiger charge is 2.31. The van der Waals surface area contributed by atoms with Crippen LogP contribution in [0.1, 0.15) is 42.3 Å². The van der Waals surface area contributed by atoms with Crippen molar-refractivity contribution in [2.45, 2.75) is 44.2 Å². The first kappa shape index (κ1) is 17.8. The van der Waals surface area contributed by atoms with Gasteiger partial charge in [0.25, 0.3) is 0 Å². The van der Waals surface area contributed by atoms with Crippen LogP contribution in [0.15, 0.2) is 0 Å². The molecule has 0 aromatic carbocycles. The molecular formula is C16H20F3N3O3. The van der Waals surface area contributed by atoms with Gasteiger partial charge in [-0.05, 0) is 19.3 Å². The molecule has 1 aromatic rings. The molecule has 1 aliphatic carbocycles. The van der Waals surface area contributed by atoms with E-state index in [9.17, 15) is 18.0 Å². The van der Waals surface area contributed by atoms with Crippen LogP contribution in [0.25, 0.3) is 0 Å². The van der Waals surface area contributed by atoms with Crippen LogP contribution in [0, 0.1) is 0 Å². The SMILES string of the molecule is COC(=O)N1CCc2nc(C3CC3)nc(OCCC(F)(F)F)c2CC1. The van der Waals surface area contributed by atoms with E-state index < -0.39 is 25.3 Å². The zero-order valence-electron chi connectivity index (χ0n) is 13.9. The maximum absolute atomic E-state index is 12.4. The third-order valence-corrected chi connectivity index (χ3v) is 4.32. The molecule has 0 N–H and O–H groups in total. The van der Waals surface area contributed by atoms with Crippen molar-refractivity contribution in [3.63, 3.8) is 0 Å². The van der Waals surface area contributed by atoms with E-state index in [2.05, 4.69) is 9.97 Å². The van der Waals surface area contributed by atoms with Crippen LogP contribution < -0.4 is 4.74 Å². The maximum Gasteiger partial charge on any atom is 0.409 e. The Labute approximate surface area is 143 Å². The molecule has 2 heterocycles. The predicted octanol–water partition coefficient (Wildman–Crippen LogP) is 2.85. The van der Waals surface area contributed by atoms with Crippen molar-refractivity contribution in [1.29, 1.82) is 0 Å². The molecule has 3 rings (SSSR count). The van der Waals surface area contributed by atoms with Crippen LogP contribution >= 0.6 is 0 Å². The van der Waals surface area contributed by atoms with Crippen molar-refractivity contribution < 1.29 is 27.4 Å². The number of rotatable bonds is 4. The molecule has 0 unspecified atom stereocenters. The molecule has 0 spiro atoms. The molecule has 1 aliphatic heterocycles. The van der Waals surface area contributed by atoms with E-state index >= 15 is 0 Å². The van der Waals surface area contributed by atoms with Crippen LogP contribution in [0.3, 0.4) is 0 Å². The molecule has 0 radical (unpaired) electrons. The predicted molar refractivity (Wildman–Crippen MR) is 81.6 cm³/mol. The van der Waals surface area contributed by atoms with Crippen molar-refractivity contribution >= 4 is 6.09 Å². The second-order valence-electron chi connectivity index (χ2n) is 6.26. The molecule has 1 fully saturated rings. The molecule has 1 amide bonds. The second-order valence-corrected chi connectivity index (χ2v) is 6.26. The summed E-state index contributed by atoms with van der Waals surface area (Å²) in [6.45, 7) is 0.363. The van der Waals surface area contributed by atoms with E-state index in [1.165, 1.54) is 7.11 Å². The lowest BCUT2D eigenvalue weighted by Gasteiger charge is -2.17. The summed E-state index contributed by atoms with van der Waals surface area (Å²) in [5, 5.41) is 0. The van der Waals surface area contributed by atoms with Gasteiger partial charge < -0.3 is 14.4 Å². The Morgan fingerprint density at radius 2 is 1.96 bits per heavy atom. The standard InChI is InChI=1S/C16H20F3N3O3/c1-24-15(23)22-7-4-11-12(5-8-22)20-13(10-2-3-10)21-14(11)25-9-6-16(17,18)19/h10H,2-9H2,1H3. The van der Waals surface area contributed by atoms with Crippen molar-refractivity contribution in [1.82, 2.24) is 14.9 Å². The molecule has 25 heavy (non-hydrogen) atoms. The molecule has 0 saturated heterocycles. The number of halogens is 3. The highest BCUT2D eigenvalue weighted by molar-refractivity contribution is 5.67. The summed E-state index contributed by atoms with van der Waals surface area (Å²) in [4.78, 5) is 22.2. The largest absolute Gasteiger partial charge is 0.477 e. The summed E-state index contributed by atoms with van der Waals surface area (Å²) >= 11 is 0. The van der Waals surface area contributed by atoms with Crippen molar-refractivity contribution in [3.8, 4) is 5.88 Å². The van der Waals surface area contributed by atoms with Crippen LogP contribution in [0.2, 0.25) is 0 Å². The minimum Gasteiger partial charge on any atom is -0.477 e. The van der Waals surface area contributed by atoms with Gasteiger partial charge in [-0.25, -0.2) is 9.78 Å². The van der Waals surface area contributed by atoms with Gasteiger partial charge in [-0.2, -0.15) is 18.2 Å². The van der Waals surface area contributed by atoms with Gasteiger partial charge in [-0.3, -0.25) is 0 Å². The fraction of sp³-hybridized carbons (Fsp3) is 0.688.